The lowest BCUT2D eigenvalue weighted by Gasteiger charge is -2.17. The van der Waals surface area contributed by atoms with Gasteiger partial charge in [-0.1, -0.05) is 24.8 Å². The van der Waals surface area contributed by atoms with Gasteiger partial charge in [0, 0.05) is 14.1 Å². The average molecular weight is 162 g/mol. The first-order chi connectivity index (χ1) is 5.66. The van der Waals surface area contributed by atoms with E-state index in [0.29, 0.717) is 0 Å². The summed E-state index contributed by atoms with van der Waals surface area (Å²) in [6.45, 7) is 3.73. The van der Waals surface area contributed by atoms with Crippen molar-refractivity contribution < 1.29 is 0 Å². The molecule has 1 aromatic rings. The molecule has 1 rings (SSSR count). The maximum Gasteiger partial charge on any atom is 0.0668 e. The third kappa shape index (κ3) is 1.42. The molecule has 0 heterocycles. The molecule has 0 atom stereocenters. The number of para-hydroxylation sites is 1. The van der Waals surface area contributed by atoms with Crippen molar-refractivity contribution in [1.29, 1.82) is 0 Å². The highest BCUT2D eigenvalue weighted by molar-refractivity contribution is 5.78. The molecule has 0 unspecified atom stereocenters. The number of nitrogens with zero attached hydrogens (tertiary/aromatic N) is 1. The van der Waals surface area contributed by atoms with E-state index in [2.05, 4.69) is 6.58 Å². The Kier molecular flexibility index (Phi) is 2.38. The van der Waals surface area contributed by atoms with Gasteiger partial charge in [-0.25, -0.2) is 0 Å². The van der Waals surface area contributed by atoms with Gasteiger partial charge in [0.05, 0.1) is 11.4 Å². The SMILES string of the molecule is C=Cc1cccc(N)c1N(C)C. The van der Waals surface area contributed by atoms with Crippen LogP contribution < -0.4 is 10.6 Å². The van der Waals surface area contributed by atoms with Gasteiger partial charge in [0.25, 0.3) is 0 Å². The Morgan fingerprint density at radius 2 is 2.08 bits per heavy atom. The maximum absolute atomic E-state index is 5.81. The number of nitrogen functional groups attached to an aromatic ring is 1. The fraction of sp³-hybridized carbons (Fsp3) is 0.200. The van der Waals surface area contributed by atoms with Crippen molar-refractivity contribution in [2.45, 2.75) is 0 Å². The van der Waals surface area contributed by atoms with Gasteiger partial charge in [-0.05, 0) is 11.6 Å². The first kappa shape index (κ1) is 8.65. The van der Waals surface area contributed by atoms with Crippen LogP contribution in [0.3, 0.4) is 0 Å². The second kappa shape index (κ2) is 3.30. The fourth-order valence-electron chi connectivity index (χ4n) is 1.26. The molecule has 2 nitrogen and oxygen atoms in total. The highest BCUT2D eigenvalue weighted by Crippen LogP contribution is 2.26. The quantitative estimate of drug-likeness (QED) is 0.674. The molecule has 0 aliphatic carbocycles. The Morgan fingerprint density at radius 1 is 1.42 bits per heavy atom. The Bertz CT molecular complexity index is 290. The van der Waals surface area contributed by atoms with E-state index in [1.165, 1.54) is 0 Å². The van der Waals surface area contributed by atoms with E-state index in [1.54, 1.807) is 0 Å². The second-order valence-corrected chi connectivity index (χ2v) is 2.88. The highest BCUT2D eigenvalue weighted by atomic mass is 15.1. The molecule has 0 aromatic heterocycles. The summed E-state index contributed by atoms with van der Waals surface area (Å²) in [6, 6.07) is 5.82. The van der Waals surface area contributed by atoms with Gasteiger partial charge in [0.2, 0.25) is 0 Å². The molecule has 0 aliphatic heterocycles. The van der Waals surface area contributed by atoms with Gasteiger partial charge in [0.15, 0.2) is 0 Å². The summed E-state index contributed by atoms with van der Waals surface area (Å²) in [4.78, 5) is 1.99. The molecule has 2 N–H and O–H groups in total. The minimum Gasteiger partial charge on any atom is -0.397 e. The van der Waals surface area contributed by atoms with E-state index in [1.807, 2.05) is 43.3 Å². The zero-order chi connectivity index (χ0) is 9.14. The lowest BCUT2D eigenvalue weighted by Crippen LogP contribution is -2.12. The van der Waals surface area contributed by atoms with Gasteiger partial charge < -0.3 is 10.6 Å². The average Bonchev–Trinajstić information content (AvgIpc) is 2.03. The molecule has 0 aliphatic rings. The van der Waals surface area contributed by atoms with Crippen LogP contribution in [-0.4, -0.2) is 14.1 Å². The number of anilines is 2. The van der Waals surface area contributed by atoms with Crippen LogP contribution in [0.1, 0.15) is 5.56 Å². The van der Waals surface area contributed by atoms with E-state index in [0.717, 1.165) is 16.9 Å². The lowest BCUT2D eigenvalue weighted by molar-refractivity contribution is 1.13. The minimum absolute atomic E-state index is 0.789. The van der Waals surface area contributed by atoms with Gasteiger partial charge in [-0.3, -0.25) is 0 Å². The van der Waals surface area contributed by atoms with Gasteiger partial charge in [-0.2, -0.15) is 0 Å². The van der Waals surface area contributed by atoms with Crippen LogP contribution in [-0.2, 0) is 0 Å². The lowest BCUT2D eigenvalue weighted by atomic mass is 10.1. The van der Waals surface area contributed by atoms with Crippen LogP contribution in [0.5, 0.6) is 0 Å². The number of hydrogen-bond donors (Lipinski definition) is 1. The third-order valence-electron chi connectivity index (χ3n) is 1.77. The summed E-state index contributed by atoms with van der Waals surface area (Å²) < 4.78 is 0. The van der Waals surface area contributed by atoms with Crippen molar-refractivity contribution >= 4 is 17.5 Å². The summed E-state index contributed by atoms with van der Waals surface area (Å²) in [5.41, 5.74) is 8.70. The first-order valence-corrected chi connectivity index (χ1v) is 3.85. The van der Waals surface area contributed by atoms with Crippen LogP contribution in [0, 0.1) is 0 Å². The zero-order valence-corrected chi connectivity index (χ0v) is 7.54. The minimum atomic E-state index is 0.789. The highest BCUT2D eigenvalue weighted by Gasteiger charge is 2.04. The van der Waals surface area contributed by atoms with Crippen LogP contribution in [0.2, 0.25) is 0 Å². The Labute approximate surface area is 73.3 Å². The van der Waals surface area contributed by atoms with Crippen molar-refractivity contribution in [3.05, 3.63) is 30.3 Å². The summed E-state index contributed by atoms with van der Waals surface area (Å²) in [5, 5.41) is 0. The van der Waals surface area contributed by atoms with Crippen LogP contribution >= 0.6 is 0 Å². The summed E-state index contributed by atoms with van der Waals surface area (Å²) in [7, 11) is 3.94. The van der Waals surface area contributed by atoms with Gasteiger partial charge >= 0.3 is 0 Å². The Hall–Kier alpha value is -1.44. The van der Waals surface area contributed by atoms with Crippen LogP contribution in [0.4, 0.5) is 11.4 Å². The standard InChI is InChI=1S/C10H14N2/c1-4-8-6-5-7-9(11)10(8)12(2)3/h4-7H,1,11H2,2-3H3. The molecular weight excluding hydrogens is 148 g/mol. The zero-order valence-electron chi connectivity index (χ0n) is 7.54. The van der Waals surface area contributed by atoms with E-state index < -0.39 is 0 Å². The number of hydrogen-bond acceptors (Lipinski definition) is 2. The summed E-state index contributed by atoms with van der Waals surface area (Å²) in [6.07, 6.45) is 1.81. The van der Waals surface area contributed by atoms with E-state index in [9.17, 15) is 0 Å². The summed E-state index contributed by atoms with van der Waals surface area (Å²) >= 11 is 0. The molecule has 64 valence electrons. The molecule has 1 aromatic carbocycles. The molecular formula is C10H14N2. The monoisotopic (exact) mass is 162 g/mol. The summed E-state index contributed by atoms with van der Waals surface area (Å²) in [5.74, 6) is 0. The fourth-order valence-corrected chi connectivity index (χ4v) is 1.26. The number of benzene rings is 1. The van der Waals surface area contributed by atoms with Crippen LogP contribution in [0.15, 0.2) is 24.8 Å². The number of rotatable bonds is 2. The molecule has 0 radical (unpaired) electrons. The topological polar surface area (TPSA) is 29.3 Å². The molecule has 0 spiro atoms. The van der Waals surface area contributed by atoms with Crippen molar-refractivity contribution in [2.24, 2.45) is 0 Å². The van der Waals surface area contributed by atoms with Gasteiger partial charge in [-0.15, -0.1) is 0 Å². The van der Waals surface area contributed by atoms with Crippen molar-refractivity contribution in [3.8, 4) is 0 Å². The second-order valence-electron chi connectivity index (χ2n) is 2.88. The Balaban J connectivity index is 3.29. The first-order valence-electron chi connectivity index (χ1n) is 3.85. The van der Waals surface area contributed by atoms with E-state index in [-0.39, 0.29) is 0 Å². The predicted molar refractivity (Wildman–Crippen MR) is 55.3 cm³/mol. The largest absolute Gasteiger partial charge is 0.397 e. The van der Waals surface area contributed by atoms with Crippen molar-refractivity contribution in [3.63, 3.8) is 0 Å². The molecule has 0 saturated carbocycles. The third-order valence-corrected chi connectivity index (χ3v) is 1.77. The smallest absolute Gasteiger partial charge is 0.0668 e. The van der Waals surface area contributed by atoms with Gasteiger partial charge in [0.1, 0.15) is 0 Å². The molecule has 0 amide bonds. The van der Waals surface area contributed by atoms with E-state index in [4.69, 9.17) is 5.73 Å². The predicted octanol–water partition coefficient (Wildman–Crippen LogP) is 1.98. The molecule has 0 bridgehead atoms. The van der Waals surface area contributed by atoms with Crippen LogP contribution in [0.25, 0.3) is 6.08 Å². The number of nitrogens with two attached hydrogens (primary N) is 1. The molecule has 2 heteroatoms. The molecule has 12 heavy (non-hydrogen) atoms. The maximum atomic E-state index is 5.81. The normalized spacial score (nSPS) is 9.50. The molecule has 0 fully saturated rings. The van der Waals surface area contributed by atoms with E-state index >= 15 is 0 Å². The molecule has 0 saturated heterocycles. The van der Waals surface area contributed by atoms with Crippen molar-refractivity contribution in [2.75, 3.05) is 24.7 Å². The van der Waals surface area contributed by atoms with Crippen molar-refractivity contribution in [1.82, 2.24) is 0 Å². The Morgan fingerprint density at radius 3 is 2.50 bits per heavy atom.